The van der Waals surface area contributed by atoms with Crippen LogP contribution >= 0.6 is 0 Å². The minimum Gasteiger partial charge on any atom is -0.398 e. The molecular formula is C42H44N12O2. The van der Waals surface area contributed by atoms with Gasteiger partial charge in [-0.15, -0.1) is 0 Å². The van der Waals surface area contributed by atoms with Crippen LogP contribution in [0.15, 0.2) is 61.2 Å². The maximum Gasteiger partial charge on any atom is 0.230 e. The Bertz CT molecular complexity index is 2430. The van der Waals surface area contributed by atoms with Crippen molar-refractivity contribution in [3.05, 3.63) is 72.6 Å². The molecule has 0 radical (unpaired) electrons. The zero-order valence-electron chi connectivity index (χ0n) is 32.2. The van der Waals surface area contributed by atoms with Crippen molar-refractivity contribution in [3.8, 4) is 34.4 Å². The molecule has 0 aliphatic heterocycles. The number of benzene rings is 2. The maximum atomic E-state index is 12.2. The fraction of sp³-hybridized carbons (Fsp3) is 0.333. The van der Waals surface area contributed by atoms with Crippen LogP contribution < -0.4 is 22.1 Å². The molecular weight excluding hydrogens is 705 g/mol. The summed E-state index contributed by atoms with van der Waals surface area (Å²) in [6.07, 6.45) is 8.29. The van der Waals surface area contributed by atoms with Crippen LogP contribution in [-0.4, -0.2) is 41.3 Å². The smallest absolute Gasteiger partial charge is 0.230 e. The van der Waals surface area contributed by atoms with Crippen molar-refractivity contribution >= 4 is 56.4 Å². The molecule has 2 aromatic carbocycles. The molecule has 0 saturated heterocycles. The number of fused-ring (bicyclic) bond motifs is 2. The summed E-state index contributed by atoms with van der Waals surface area (Å²) in [5.74, 6) is 0.433. The number of carbonyl (C=O) groups excluding carboxylic acids is 2. The minimum atomic E-state index is -0.233. The molecule has 0 unspecified atom stereocenters. The molecule has 56 heavy (non-hydrogen) atoms. The van der Waals surface area contributed by atoms with Gasteiger partial charge >= 0.3 is 0 Å². The molecule has 6 aromatic rings. The number of aryl methyl sites for hydroxylation is 2. The van der Waals surface area contributed by atoms with Gasteiger partial charge in [0.1, 0.15) is 11.6 Å². The van der Waals surface area contributed by atoms with Gasteiger partial charge in [0.2, 0.25) is 11.8 Å². The Morgan fingerprint density at radius 1 is 0.679 bits per heavy atom. The van der Waals surface area contributed by atoms with Crippen LogP contribution in [0.3, 0.4) is 0 Å². The van der Waals surface area contributed by atoms with Gasteiger partial charge in [0.05, 0.1) is 48.2 Å². The molecule has 14 nitrogen and oxygen atoms in total. The number of nitrogens with zero attached hydrogens (tertiary/aromatic N) is 8. The molecule has 4 heterocycles. The van der Waals surface area contributed by atoms with Gasteiger partial charge in [-0.25, -0.2) is 9.97 Å². The summed E-state index contributed by atoms with van der Waals surface area (Å²) in [4.78, 5) is 33.1. The van der Waals surface area contributed by atoms with Gasteiger partial charge < -0.3 is 22.1 Å². The Morgan fingerprint density at radius 2 is 1.07 bits per heavy atom. The number of nitrogens with one attached hydrogen (secondary N) is 2. The monoisotopic (exact) mass is 748 g/mol. The minimum absolute atomic E-state index is 0.156. The van der Waals surface area contributed by atoms with Gasteiger partial charge in [0, 0.05) is 71.2 Å². The van der Waals surface area contributed by atoms with Crippen molar-refractivity contribution in [2.24, 2.45) is 37.8 Å². The van der Waals surface area contributed by atoms with Gasteiger partial charge in [-0.3, -0.25) is 19.0 Å². The highest BCUT2D eigenvalue weighted by Crippen LogP contribution is 2.40. The van der Waals surface area contributed by atoms with Crippen molar-refractivity contribution in [2.75, 3.05) is 22.1 Å². The topological polar surface area (TPSA) is 219 Å². The van der Waals surface area contributed by atoms with Gasteiger partial charge in [-0.1, -0.05) is 27.7 Å². The first-order chi connectivity index (χ1) is 26.8. The largest absolute Gasteiger partial charge is 0.398 e. The first-order valence-corrected chi connectivity index (χ1v) is 18.6. The van der Waals surface area contributed by atoms with Gasteiger partial charge in [0.25, 0.3) is 0 Å². The summed E-state index contributed by atoms with van der Waals surface area (Å²) in [6.45, 7) is 8.54. The number of carbonyl (C=O) groups is 2. The molecule has 4 aromatic heterocycles. The Labute approximate surface area is 324 Å². The van der Waals surface area contributed by atoms with E-state index in [0.29, 0.717) is 47.7 Å². The first-order valence-electron chi connectivity index (χ1n) is 18.6. The highest BCUT2D eigenvalue weighted by atomic mass is 16.2. The molecule has 8 rings (SSSR count). The van der Waals surface area contributed by atoms with Gasteiger partial charge in [-0.2, -0.15) is 20.7 Å². The fourth-order valence-electron chi connectivity index (χ4n) is 7.42. The molecule has 2 saturated carbocycles. The van der Waals surface area contributed by atoms with Crippen LogP contribution in [-0.2, 0) is 23.7 Å². The van der Waals surface area contributed by atoms with Gasteiger partial charge in [0.15, 0.2) is 0 Å². The number of nitrogens with two attached hydrogens (primary N) is 2. The van der Waals surface area contributed by atoms with E-state index in [4.69, 9.17) is 22.0 Å². The fourth-order valence-corrected chi connectivity index (χ4v) is 7.42. The number of nitriles is 2. The van der Waals surface area contributed by atoms with E-state index in [1.165, 1.54) is 0 Å². The summed E-state index contributed by atoms with van der Waals surface area (Å²) in [5.41, 5.74) is 20.2. The second-order valence-electron chi connectivity index (χ2n) is 15.3. The Kier molecular flexibility index (Phi) is 9.91. The lowest BCUT2D eigenvalue weighted by Crippen LogP contribution is -2.15. The number of hydrogen-bond donors (Lipinski definition) is 4. The van der Waals surface area contributed by atoms with E-state index < -0.39 is 0 Å². The molecule has 14 heteroatoms. The van der Waals surface area contributed by atoms with E-state index in [2.05, 4.69) is 70.6 Å². The van der Waals surface area contributed by atoms with Crippen LogP contribution in [0.2, 0.25) is 0 Å². The Balaban J connectivity index is 0.000000172. The Hall–Kier alpha value is -6.80. The second kappa shape index (κ2) is 14.8. The van der Waals surface area contributed by atoms with Crippen LogP contribution in [0.1, 0.15) is 63.8 Å². The molecule has 6 N–H and O–H groups in total. The van der Waals surface area contributed by atoms with Crippen molar-refractivity contribution in [1.29, 1.82) is 10.5 Å². The lowest BCUT2D eigenvalue weighted by Gasteiger charge is -2.12. The van der Waals surface area contributed by atoms with Crippen LogP contribution in [0.5, 0.6) is 0 Å². The first kappa shape index (κ1) is 37.5. The third kappa shape index (κ3) is 7.33. The highest BCUT2D eigenvalue weighted by molar-refractivity contribution is 6.01. The second-order valence-corrected chi connectivity index (χ2v) is 15.3. The van der Waals surface area contributed by atoms with Crippen molar-refractivity contribution in [1.82, 2.24) is 29.5 Å². The van der Waals surface area contributed by atoms with Crippen LogP contribution in [0.4, 0.5) is 23.0 Å². The third-order valence-electron chi connectivity index (χ3n) is 10.5. The standard InChI is InChI=1S/2C21H22N6O/c2*1-11(2)20-17(10-25-27(20)3)12-4-13-7-19(24-9-16(13)18(23)6-12)26-21(28)15-5-14(15)8-22/h2*4,6-7,9-11,14-15H,5,23H2,1-3H3,(H,24,26,28)/t2*14-,15+/m10/s1. The molecule has 2 fully saturated rings. The van der Waals surface area contributed by atoms with E-state index in [0.717, 1.165) is 55.2 Å². The highest BCUT2D eigenvalue weighted by Gasteiger charge is 2.44. The summed E-state index contributed by atoms with van der Waals surface area (Å²) in [6, 6.07) is 15.9. The van der Waals surface area contributed by atoms with E-state index in [1.807, 2.05) is 72.3 Å². The number of pyridine rings is 2. The maximum absolute atomic E-state index is 12.2. The number of amides is 2. The van der Waals surface area contributed by atoms with Crippen molar-refractivity contribution in [2.45, 2.75) is 52.4 Å². The molecule has 2 aliphatic carbocycles. The number of anilines is 4. The summed E-state index contributed by atoms with van der Waals surface area (Å²) in [5, 5.41) is 35.7. The zero-order chi connectivity index (χ0) is 40.0. The molecule has 284 valence electrons. The predicted molar refractivity (Wildman–Crippen MR) is 217 cm³/mol. The number of rotatable bonds is 8. The zero-order valence-corrected chi connectivity index (χ0v) is 32.2. The molecule has 2 aliphatic rings. The molecule has 0 spiro atoms. The van der Waals surface area contributed by atoms with E-state index >= 15 is 0 Å². The SMILES string of the molecule is CC(C)c1c(-c2cc(N)c3cnc(NC(=O)[C@@H]4C[C@H]4C#N)cc3c2)cnn1C.CC(C)c1c(-c2cc(N)c3cnc(NC(=O)[C@H]4C[C@@H]4C#N)cc3c2)cnn1C. The van der Waals surface area contributed by atoms with Gasteiger partial charge in [-0.05, 0) is 83.0 Å². The van der Waals surface area contributed by atoms with E-state index in [1.54, 1.807) is 12.4 Å². The average Bonchev–Trinajstić information content (AvgIpc) is 4.06. The lowest BCUT2D eigenvalue weighted by atomic mass is 9.97. The van der Waals surface area contributed by atoms with E-state index in [9.17, 15) is 9.59 Å². The number of hydrogen-bond acceptors (Lipinski definition) is 10. The number of nitrogen functional groups attached to an aromatic ring is 2. The summed E-state index contributed by atoms with van der Waals surface area (Å²) in [7, 11) is 3.88. The average molecular weight is 749 g/mol. The van der Waals surface area contributed by atoms with E-state index in [-0.39, 0.29) is 35.5 Å². The van der Waals surface area contributed by atoms with Crippen LogP contribution in [0.25, 0.3) is 43.8 Å². The molecule has 0 bridgehead atoms. The third-order valence-corrected chi connectivity index (χ3v) is 10.5. The molecule has 2 amide bonds. The van der Waals surface area contributed by atoms with Crippen LogP contribution in [0, 0.1) is 46.3 Å². The predicted octanol–water partition coefficient (Wildman–Crippen LogP) is 6.88. The molecule has 4 atom stereocenters. The quantitative estimate of drug-likeness (QED) is 0.118. The Morgan fingerprint density at radius 3 is 1.41 bits per heavy atom. The normalized spacial score (nSPS) is 18.2. The lowest BCUT2D eigenvalue weighted by molar-refractivity contribution is -0.118. The van der Waals surface area contributed by atoms with Crippen molar-refractivity contribution in [3.63, 3.8) is 0 Å². The summed E-state index contributed by atoms with van der Waals surface area (Å²) >= 11 is 0. The summed E-state index contributed by atoms with van der Waals surface area (Å²) < 4.78 is 3.78. The number of aromatic nitrogens is 6. The van der Waals surface area contributed by atoms with Crippen molar-refractivity contribution < 1.29 is 9.59 Å².